The van der Waals surface area contributed by atoms with Gasteiger partial charge < -0.3 is 9.47 Å². The molecule has 3 aromatic rings. The Morgan fingerprint density at radius 3 is 2.85 bits per heavy atom. The van der Waals surface area contributed by atoms with Crippen molar-refractivity contribution in [3.8, 4) is 11.5 Å². The lowest BCUT2D eigenvalue weighted by Crippen LogP contribution is -2.19. The summed E-state index contributed by atoms with van der Waals surface area (Å²) in [5, 5.41) is 17.1. The zero-order chi connectivity index (χ0) is 24.1. The first kappa shape index (κ1) is 23.4. The third-order valence-corrected chi connectivity index (χ3v) is 6.58. The Morgan fingerprint density at radius 2 is 2.06 bits per heavy atom. The van der Waals surface area contributed by atoms with Crippen LogP contribution in [0, 0.1) is 15.9 Å². The third kappa shape index (κ3) is 5.23. The molecular formula is C24H22FN3O5S. The van der Waals surface area contributed by atoms with Crippen molar-refractivity contribution in [3.63, 3.8) is 0 Å². The van der Waals surface area contributed by atoms with Crippen molar-refractivity contribution in [2.45, 2.75) is 32.3 Å². The molecule has 10 heteroatoms. The van der Waals surface area contributed by atoms with Gasteiger partial charge in [-0.05, 0) is 61.1 Å². The number of thiophene rings is 1. The zero-order valence-corrected chi connectivity index (χ0v) is 19.2. The first-order valence-corrected chi connectivity index (χ1v) is 11.5. The van der Waals surface area contributed by atoms with Gasteiger partial charge in [0.1, 0.15) is 18.2 Å². The minimum absolute atomic E-state index is 0.0947. The van der Waals surface area contributed by atoms with Gasteiger partial charge in [0.15, 0.2) is 5.75 Å². The van der Waals surface area contributed by atoms with E-state index in [1.54, 1.807) is 29.5 Å². The number of fused-ring (bicyclic) bond motifs is 1. The molecule has 8 nitrogen and oxygen atoms in total. The van der Waals surface area contributed by atoms with Crippen LogP contribution < -0.4 is 14.9 Å². The smallest absolute Gasteiger partial charge is 0.311 e. The van der Waals surface area contributed by atoms with Crippen LogP contribution in [-0.4, -0.2) is 24.2 Å². The second kappa shape index (κ2) is 10.4. The Balaban J connectivity index is 1.46. The van der Waals surface area contributed by atoms with Crippen LogP contribution in [0.4, 0.5) is 10.1 Å². The molecule has 0 bridgehead atoms. The molecule has 4 rings (SSSR count). The Hall–Kier alpha value is -3.79. The van der Waals surface area contributed by atoms with Crippen molar-refractivity contribution in [1.29, 1.82) is 0 Å². The van der Waals surface area contributed by atoms with Gasteiger partial charge in [0, 0.05) is 28.0 Å². The summed E-state index contributed by atoms with van der Waals surface area (Å²) < 4.78 is 24.4. The number of amides is 1. The van der Waals surface area contributed by atoms with E-state index in [1.165, 1.54) is 18.2 Å². The minimum Gasteiger partial charge on any atom is -0.496 e. The van der Waals surface area contributed by atoms with Crippen LogP contribution in [0.5, 0.6) is 11.5 Å². The Morgan fingerprint density at radius 1 is 1.24 bits per heavy atom. The molecule has 0 unspecified atom stereocenters. The lowest BCUT2D eigenvalue weighted by Gasteiger charge is -2.12. The predicted octanol–water partition coefficient (Wildman–Crippen LogP) is 5.03. The minimum atomic E-state index is -0.643. The molecule has 1 aliphatic carbocycles. The number of rotatable bonds is 8. The number of halogens is 1. The topological polar surface area (TPSA) is 103 Å². The number of carbonyl (C=O) groups is 1. The molecular weight excluding hydrogens is 461 g/mol. The summed E-state index contributed by atoms with van der Waals surface area (Å²) in [5.74, 6) is -0.579. The fourth-order valence-electron chi connectivity index (χ4n) is 3.81. The quantitative estimate of drug-likeness (QED) is 0.275. The molecule has 0 spiro atoms. The number of hydrogen-bond acceptors (Lipinski definition) is 7. The summed E-state index contributed by atoms with van der Waals surface area (Å²) in [6.07, 6.45) is 5.67. The van der Waals surface area contributed by atoms with Gasteiger partial charge in [-0.25, -0.2) is 9.82 Å². The number of hydrazone groups is 1. The fourth-order valence-corrected chi connectivity index (χ4v) is 4.94. The maximum Gasteiger partial charge on any atom is 0.311 e. The van der Waals surface area contributed by atoms with Gasteiger partial charge in [0.05, 0.1) is 23.8 Å². The van der Waals surface area contributed by atoms with E-state index in [0.717, 1.165) is 49.4 Å². The standard InChI is InChI=1S/C24H22FN3O5S/c1-32-21-9-6-15(10-16(21)13-33-22-11-17(25)7-8-20(22)28(30)31)12-26-27-24(29)19-14-34-23-5-3-2-4-18(19)23/h6-12,14H,2-5,13H2,1H3,(H,27,29)/b26-12-. The second-order valence-electron chi connectivity index (χ2n) is 7.69. The van der Waals surface area contributed by atoms with Crippen LogP contribution in [0.3, 0.4) is 0 Å². The molecule has 0 atom stereocenters. The average molecular weight is 484 g/mol. The van der Waals surface area contributed by atoms with Crippen molar-refractivity contribution in [3.05, 3.63) is 84.8 Å². The summed E-state index contributed by atoms with van der Waals surface area (Å²) in [4.78, 5) is 24.4. The number of nitrogens with zero attached hydrogens (tertiary/aromatic N) is 2. The molecule has 1 heterocycles. The van der Waals surface area contributed by atoms with E-state index in [0.29, 0.717) is 22.4 Å². The number of nitro groups is 1. The molecule has 0 radical (unpaired) electrons. The van der Waals surface area contributed by atoms with Crippen molar-refractivity contribution >= 4 is 29.1 Å². The van der Waals surface area contributed by atoms with E-state index < -0.39 is 10.7 Å². The normalized spacial score (nSPS) is 12.9. The average Bonchev–Trinajstić information content (AvgIpc) is 3.27. The van der Waals surface area contributed by atoms with E-state index in [1.807, 2.05) is 5.38 Å². The molecule has 0 aliphatic heterocycles. The number of carbonyl (C=O) groups excluding carboxylic acids is 1. The number of nitro benzene ring substituents is 1. The van der Waals surface area contributed by atoms with Crippen molar-refractivity contribution in [1.82, 2.24) is 5.43 Å². The van der Waals surface area contributed by atoms with Crippen LogP contribution in [0.1, 0.15) is 44.8 Å². The molecule has 1 amide bonds. The maximum atomic E-state index is 13.6. The summed E-state index contributed by atoms with van der Waals surface area (Å²) in [5.41, 5.74) is 5.27. The SMILES string of the molecule is COc1ccc(/C=N\NC(=O)c2csc3c2CCCC3)cc1COc1cc(F)ccc1[N+](=O)[O-]. The van der Waals surface area contributed by atoms with E-state index >= 15 is 0 Å². The summed E-state index contributed by atoms with van der Waals surface area (Å²) in [6.45, 7) is -0.0947. The van der Waals surface area contributed by atoms with Crippen LogP contribution in [0.15, 0.2) is 46.9 Å². The third-order valence-electron chi connectivity index (χ3n) is 5.49. The largest absolute Gasteiger partial charge is 0.496 e. The van der Waals surface area contributed by atoms with E-state index in [4.69, 9.17) is 9.47 Å². The number of ether oxygens (including phenoxy) is 2. The number of aryl methyl sites for hydroxylation is 1. The molecule has 0 fully saturated rings. The molecule has 1 aromatic heterocycles. The molecule has 176 valence electrons. The van der Waals surface area contributed by atoms with Crippen molar-refractivity contribution in [2.75, 3.05) is 7.11 Å². The highest BCUT2D eigenvalue weighted by atomic mass is 32.1. The Bertz CT molecular complexity index is 1260. The lowest BCUT2D eigenvalue weighted by molar-refractivity contribution is -0.386. The monoisotopic (exact) mass is 483 g/mol. The van der Waals surface area contributed by atoms with Crippen LogP contribution in [-0.2, 0) is 19.4 Å². The van der Waals surface area contributed by atoms with Gasteiger partial charge in [-0.1, -0.05) is 0 Å². The highest BCUT2D eigenvalue weighted by Gasteiger charge is 2.20. The summed E-state index contributed by atoms with van der Waals surface area (Å²) in [6, 6.07) is 8.17. The highest BCUT2D eigenvalue weighted by Crippen LogP contribution is 2.31. The van der Waals surface area contributed by atoms with Gasteiger partial charge in [0.2, 0.25) is 0 Å². The first-order valence-electron chi connectivity index (χ1n) is 10.6. The summed E-state index contributed by atoms with van der Waals surface area (Å²) >= 11 is 1.62. The fraction of sp³-hybridized carbons (Fsp3) is 0.250. The maximum absolute atomic E-state index is 13.6. The zero-order valence-electron chi connectivity index (χ0n) is 18.4. The number of benzene rings is 2. The Kier molecular flexibility index (Phi) is 7.17. The van der Waals surface area contributed by atoms with Gasteiger partial charge in [0.25, 0.3) is 5.91 Å². The second-order valence-corrected chi connectivity index (χ2v) is 8.65. The predicted molar refractivity (Wildman–Crippen MR) is 126 cm³/mol. The number of nitrogens with one attached hydrogen (secondary N) is 1. The lowest BCUT2D eigenvalue weighted by atomic mass is 9.96. The van der Waals surface area contributed by atoms with Crippen LogP contribution in [0.25, 0.3) is 0 Å². The van der Waals surface area contributed by atoms with Crippen molar-refractivity contribution in [2.24, 2.45) is 5.10 Å². The van der Waals surface area contributed by atoms with Gasteiger partial charge in [-0.15, -0.1) is 11.3 Å². The van der Waals surface area contributed by atoms with E-state index in [-0.39, 0.29) is 24.0 Å². The van der Waals surface area contributed by atoms with Gasteiger partial charge >= 0.3 is 5.69 Å². The molecule has 1 N–H and O–H groups in total. The van der Waals surface area contributed by atoms with Gasteiger partial charge in [-0.3, -0.25) is 14.9 Å². The number of methoxy groups -OCH3 is 1. The van der Waals surface area contributed by atoms with Gasteiger partial charge in [-0.2, -0.15) is 5.10 Å². The molecule has 1 aliphatic rings. The molecule has 0 saturated heterocycles. The highest BCUT2D eigenvalue weighted by molar-refractivity contribution is 7.10. The molecule has 34 heavy (non-hydrogen) atoms. The van der Waals surface area contributed by atoms with E-state index in [2.05, 4.69) is 10.5 Å². The first-order chi connectivity index (χ1) is 16.5. The molecule has 0 saturated carbocycles. The van der Waals surface area contributed by atoms with Crippen LogP contribution in [0.2, 0.25) is 0 Å². The van der Waals surface area contributed by atoms with Crippen molar-refractivity contribution < 1.29 is 23.6 Å². The number of hydrogen-bond donors (Lipinski definition) is 1. The van der Waals surface area contributed by atoms with E-state index in [9.17, 15) is 19.3 Å². The van der Waals surface area contributed by atoms with Crippen LogP contribution >= 0.6 is 11.3 Å². The molecule has 2 aromatic carbocycles. The Labute approximate surface area is 199 Å². The summed E-state index contributed by atoms with van der Waals surface area (Å²) in [7, 11) is 1.49.